The number of nitrogens with one attached hydrogen (secondary N) is 1. The van der Waals surface area contributed by atoms with Crippen LogP contribution in [0.2, 0.25) is 5.02 Å². The maximum absolute atomic E-state index is 13.3. The summed E-state index contributed by atoms with van der Waals surface area (Å²) < 4.78 is 28.2. The molecule has 1 aliphatic heterocycles. The number of sulfonamides is 1. The van der Waals surface area contributed by atoms with Gasteiger partial charge in [-0.2, -0.15) is 4.31 Å². The third kappa shape index (κ3) is 3.59. The van der Waals surface area contributed by atoms with Gasteiger partial charge in [-0.25, -0.2) is 8.42 Å². The van der Waals surface area contributed by atoms with Crippen LogP contribution >= 0.6 is 11.6 Å². The summed E-state index contributed by atoms with van der Waals surface area (Å²) in [5.74, 6) is 2.33. The number of amides is 1. The van der Waals surface area contributed by atoms with Crippen molar-refractivity contribution in [1.82, 2.24) is 9.62 Å². The van der Waals surface area contributed by atoms with Gasteiger partial charge in [0.05, 0.1) is 4.90 Å². The van der Waals surface area contributed by atoms with Crippen LogP contribution < -0.4 is 5.32 Å². The molecule has 1 heterocycles. The molecule has 0 spiro atoms. The van der Waals surface area contributed by atoms with E-state index in [1.54, 1.807) is 25.1 Å². The largest absolute Gasteiger partial charge is 0.351 e. The molecule has 4 saturated carbocycles. The number of hydrogen-bond donors (Lipinski definition) is 1. The zero-order chi connectivity index (χ0) is 21.1. The van der Waals surface area contributed by atoms with E-state index >= 15 is 0 Å². The number of hydrogen-bond acceptors (Lipinski definition) is 3. The van der Waals surface area contributed by atoms with Gasteiger partial charge in [-0.05, 0) is 93.7 Å². The summed E-state index contributed by atoms with van der Waals surface area (Å²) in [5, 5.41) is 3.85. The van der Waals surface area contributed by atoms with Gasteiger partial charge in [0.25, 0.3) is 0 Å². The average Bonchev–Trinajstić information content (AvgIpc) is 3.11. The van der Waals surface area contributed by atoms with Gasteiger partial charge in [0, 0.05) is 29.6 Å². The summed E-state index contributed by atoms with van der Waals surface area (Å²) in [6.45, 7) is 2.20. The molecule has 1 atom stereocenters. The first-order valence-electron chi connectivity index (χ1n) is 11.3. The van der Waals surface area contributed by atoms with E-state index in [1.165, 1.54) is 23.6 Å². The Morgan fingerprint density at radius 2 is 1.80 bits per heavy atom. The average molecular weight is 451 g/mol. The van der Waals surface area contributed by atoms with E-state index in [1.807, 2.05) is 0 Å². The first kappa shape index (κ1) is 20.8. The molecule has 0 radical (unpaired) electrons. The van der Waals surface area contributed by atoms with Gasteiger partial charge < -0.3 is 5.32 Å². The molecule has 4 bridgehead atoms. The quantitative estimate of drug-likeness (QED) is 0.728. The summed E-state index contributed by atoms with van der Waals surface area (Å²) in [4.78, 5) is 13.3. The SMILES string of the molecule is Cc1c(Cl)cccc1S(=O)(=O)N1CCCC1CC(=O)NC12CC3CC(CC(C3)C1)C2. The van der Waals surface area contributed by atoms with E-state index < -0.39 is 10.0 Å². The van der Waals surface area contributed by atoms with Crippen molar-refractivity contribution >= 4 is 27.5 Å². The fourth-order valence-electron chi connectivity index (χ4n) is 7.15. The lowest BCUT2D eigenvalue weighted by molar-refractivity contribution is -0.127. The standard InChI is InChI=1S/C23H31ClN2O3S/c1-15-20(24)5-2-6-21(15)30(28,29)26-7-3-4-19(26)11-22(27)25-23-12-16-8-17(13-23)10-18(9-16)14-23/h2,5-6,16-19H,3-4,7-14H2,1H3,(H,25,27). The highest BCUT2D eigenvalue weighted by atomic mass is 35.5. The first-order chi connectivity index (χ1) is 14.3. The van der Waals surface area contributed by atoms with E-state index in [0.717, 1.165) is 49.9 Å². The monoisotopic (exact) mass is 450 g/mol. The lowest BCUT2D eigenvalue weighted by Crippen LogP contribution is -2.60. The normalized spacial score (nSPS) is 35.7. The summed E-state index contributed by atoms with van der Waals surface area (Å²) >= 11 is 6.17. The van der Waals surface area contributed by atoms with Gasteiger partial charge in [-0.3, -0.25) is 4.79 Å². The van der Waals surface area contributed by atoms with Crippen LogP contribution in [0.3, 0.4) is 0 Å². The van der Waals surface area contributed by atoms with Crippen LogP contribution in [0.5, 0.6) is 0 Å². The van der Waals surface area contributed by atoms with Crippen molar-refractivity contribution in [3.05, 3.63) is 28.8 Å². The maximum atomic E-state index is 13.3. The fourth-order valence-corrected chi connectivity index (χ4v) is 9.32. The predicted octanol–water partition coefficient (Wildman–Crippen LogP) is 4.28. The predicted molar refractivity (Wildman–Crippen MR) is 117 cm³/mol. The van der Waals surface area contributed by atoms with Crippen molar-refractivity contribution in [2.24, 2.45) is 17.8 Å². The lowest BCUT2D eigenvalue weighted by atomic mass is 9.53. The Balaban J connectivity index is 1.30. The second-order valence-corrected chi connectivity index (χ2v) is 12.5. The molecule has 164 valence electrons. The minimum absolute atomic E-state index is 0.0202. The zero-order valence-corrected chi connectivity index (χ0v) is 19.1. The third-order valence-electron chi connectivity index (χ3n) is 7.99. The molecule has 7 heteroatoms. The van der Waals surface area contributed by atoms with Gasteiger partial charge in [0.1, 0.15) is 0 Å². The minimum atomic E-state index is -3.67. The Morgan fingerprint density at radius 3 is 2.43 bits per heavy atom. The Labute approximate surface area is 184 Å². The van der Waals surface area contributed by atoms with Gasteiger partial charge in [-0.1, -0.05) is 17.7 Å². The Morgan fingerprint density at radius 1 is 1.17 bits per heavy atom. The molecule has 30 heavy (non-hydrogen) atoms. The number of carbonyl (C=O) groups excluding carboxylic acids is 1. The Kier molecular flexibility index (Phi) is 5.19. The Bertz CT molecular complexity index is 926. The van der Waals surface area contributed by atoms with Crippen molar-refractivity contribution in [1.29, 1.82) is 0 Å². The van der Waals surface area contributed by atoms with Crippen LogP contribution in [-0.4, -0.2) is 36.8 Å². The molecule has 1 saturated heterocycles. The molecular weight excluding hydrogens is 420 g/mol. The number of nitrogens with zero attached hydrogens (tertiary/aromatic N) is 1. The molecule has 5 aliphatic rings. The highest BCUT2D eigenvalue weighted by Crippen LogP contribution is 2.55. The molecule has 1 aromatic carbocycles. The molecule has 1 amide bonds. The van der Waals surface area contributed by atoms with E-state index in [-0.39, 0.29) is 28.8 Å². The van der Waals surface area contributed by atoms with Crippen molar-refractivity contribution in [3.8, 4) is 0 Å². The molecule has 5 fully saturated rings. The van der Waals surface area contributed by atoms with Crippen molar-refractivity contribution < 1.29 is 13.2 Å². The summed E-state index contributed by atoms with van der Waals surface area (Å²) in [7, 11) is -3.67. The molecular formula is C23H31ClN2O3S. The first-order valence-corrected chi connectivity index (χ1v) is 13.2. The molecule has 0 aromatic heterocycles. The number of halogens is 1. The van der Waals surface area contributed by atoms with Gasteiger partial charge in [0.2, 0.25) is 15.9 Å². The third-order valence-corrected chi connectivity index (χ3v) is 10.5. The highest BCUT2D eigenvalue weighted by molar-refractivity contribution is 7.89. The van der Waals surface area contributed by atoms with Gasteiger partial charge >= 0.3 is 0 Å². The number of carbonyl (C=O) groups is 1. The van der Waals surface area contributed by atoms with E-state index in [9.17, 15) is 13.2 Å². The van der Waals surface area contributed by atoms with Gasteiger partial charge in [-0.15, -0.1) is 0 Å². The topological polar surface area (TPSA) is 66.5 Å². The van der Waals surface area contributed by atoms with Crippen LogP contribution in [-0.2, 0) is 14.8 Å². The smallest absolute Gasteiger partial charge is 0.243 e. The van der Waals surface area contributed by atoms with Crippen LogP contribution in [0.1, 0.15) is 63.4 Å². The minimum Gasteiger partial charge on any atom is -0.351 e. The molecule has 1 unspecified atom stereocenters. The van der Waals surface area contributed by atoms with Crippen molar-refractivity contribution in [2.75, 3.05) is 6.54 Å². The number of rotatable bonds is 5. The van der Waals surface area contributed by atoms with Crippen LogP contribution in [0.25, 0.3) is 0 Å². The lowest BCUT2D eigenvalue weighted by Gasteiger charge is -2.57. The van der Waals surface area contributed by atoms with Gasteiger partial charge in [0.15, 0.2) is 0 Å². The summed E-state index contributed by atoms with van der Waals surface area (Å²) in [5.41, 5.74) is 0.542. The zero-order valence-electron chi connectivity index (χ0n) is 17.6. The molecule has 6 rings (SSSR count). The van der Waals surface area contributed by atoms with E-state index in [0.29, 0.717) is 17.1 Å². The van der Waals surface area contributed by atoms with Crippen molar-refractivity contribution in [3.63, 3.8) is 0 Å². The Hall–Kier alpha value is -1.11. The molecule has 4 aliphatic carbocycles. The second kappa shape index (κ2) is 7.49. The molecule has 1 aromatic rings. The van der Waals surface area contributed by atoms with E-state index in [2.05, 4.69) is 5.32 Å². The second-order valence-electron chi connectivity index (χ2n) is 10.2. The molecule has 5 nitrogen and oxygen atoms in total. The van der Waals surface area contributed by atoms with E-state index in [4.69, 9.17) is 11.6 Å². The fraction of sp³-hybridized carbons (Fsp3) is 0.696. The summed E-state index contributed by atoms with van der Waals surface area (Å²) in [6, 6.07) is 4.72. The summed E-state index contributed by atoms with van der Waals surface area (Å²) in [6.07, 6.45) is 9.10. The van der Waals surface area contributed by atoms with Crippen LogP contribution in [0.4, 0.5) is 0 Å². The molecule has 1 N–H and O–H groups in total. The van der Waals surface area contributed by atoms with Crippen molar-refractivity contribution in [2.45, 2.75) is 81.2 Å². The highest BCUT2D eigenvalue weighted by Gasteiger charge is 2.51. The van der Waals surface area contributed by atoms with Crippen LogP contribution in [0, 0.1) is 24.7 Å². The maximum Gasteiger partial charge on any atom is 0.243 e. The number of benzene rings is 1. The van der Waals surface area contributed by atoms with Crippen LogP contribution in [0.15, 0.2) is 23.1 Å².